The lowest BCUT2D eigenvalue weighted by Crippen LogP contribution is -2.24. The summed E-state index contributed by atoms with van der Waals surface area (Å²) in [5, 5.41) is 8.88. The van der Waals surface area contributed by atoms with E-state index in [9.17, 15) is 4.21 Å². The number of benzene rings is 1. The smallest absolute Gasteiger partial charge is 0.167 e. The summed E-state index contributed by atoms with van der Waals surface area (Å²) < 4.78 is 17.2. The SMILES string of the molecule is CC1NC(C2CCCCC2)=C(c2ccc(S(N)=O)cc2)O1. The van der Waals surface area contributed by atoms with Gasteiger partial charge < -0.3 is 10.1 Å². The predicted molar refractivity (Wildman–Crippen MR) is 84.2 cm³/mol. The fraction of sp³-hybridized carbons (Fsp3) is 0.500. The Hall–Kier alpha value is -1.33. The van der Waals surface area contributed by atoms with Crippen molar-refractivity contribution in [3.63, 3.8) is 0 Å². The summed E-state index contributed by atoms with van der Waals surface area (Å²) >= 11 is 0. The largest absolute Gasteiger partial charge is 0.469 e. The van der Waals surface area contributed by atoms with E-state index in [1.54, 1.807) is 0 Å². The van der Waals surface area contributed by atoms with Gasteiger partial charge in [0.1, 0.15) is 16.7 Å². The molecule has 0 spiro atoms. The Morgan fingerprint density at radius 1 is 1.19 bits per heavy atom. The van der Waals surface area contributed by atoms with Gasteiger partial charge in [0.25, 0.3) is 0 Å². The van der Waals surface area contributed by atoms with E-state index in [2.05, 4.69) is 5.32 Å². The van der Waals surface area contributed by atoms with E-state index in [0.717, 1.165) is 11.3 Å². The number of allylic oxidation sites excluding steroid dienone is 1. The molecular formula is C16H22N2O2S. The van der Waals surface area contributed by atoms with Crippen molar-refractivity contribution in [2.75, 3.05) is 0 Å². The van der Waals surface area contributed by atoms with Crippen molar-refractivity contribution < 1.29 is 8.95 Å². The van der Waals surface area contributed by atoms with E-state index in [1.165, 1.54) is 37.8 Å². The highest BCUT2D eigenvalue weighted by atomic mass is 32.2. The first-order valence-corrected chi connectivity index (χ1v) is 8.80. The van der Waals surface area contributed by atoms with Crippen molar-refractivity contribution in [2.45, 2.75) is 50.2 Å². The van der Waals surface area contributed by atoms with Crippen molar-refractivity contribution in [1.29, 1.82) is 0 Å². The van der Waals surface area contributed by atoms with Crippen LogP contribution >= 0.6 is 0 Å². The summed E-state index contributed by atoms with van der Waals surface area (Å²) in [6, 6.07) is 7.50. The molecule has 1 aromatic rings. The zero-order valence-corrected chi connectivity index (χ0v) is 13.1. The second-order valence-electron chi connectivity index (χ2n) is 5.80. The first-order valence-electron chi connectivity index (χ1n) is 7.59. The first kappa shape index (κ1) is 14.6. The van der Waals surface area contributed by atoms with Crippen molar-refractivity contribution in [1.82, 2.24) is 5.32 Å². The fourth-order valence-electron chi connectivity index (χ4n) is 3.21. The lowest BCUT2D eigenvalue weighted by atomic mass is 9.86. The molecule has 0 radical (unpaired) electrons. The molecule has 21 heavy (non-hydrogen) atoms. The molecule has 1 aromatic carbocycles. The molecule has 2 atom stereocenters. The van der Waals surface area contributed by atoms with E-state index < -0.39 is 11.0 Å². The highest BCUT2D eigenvalue weighted by molar-refractivity contribution is 7.82. The van der Waals surface area contributed by atoms with E-state index in [0.29, 0.717) is 10.8 Å². The zero-order chi connectivity index (χ0) is 14.8. The number of hydrogen-bond acceptors (Lipinski definition) is 3. The monoisotopic (exact) mass is 306 g/mol. The van der Waals surface area contributed by atoms with Gasteiger partial charge in [-0.15, -0.1) is 0 Å². The van der Waals surface area contributed by atoms with Crippen LogP contribution in [0.15, 0.2) is 34.9 Å². The Bertz CT molecular complexity index is 562. The average Bonchev–Trinajstić information content (AvgIpc) is 2.90. The van der Waals surface area contributed by atoms with Gasteiger partial charge in [0.2, 0.25) is 0 Å². The van der Waals surface area contributed by atoms with E-state index >= 15 is 0 Å². The molecule has 2 unspecified atom stereocenters. The maximum atomic E-state index is 11.3. The molecular weight excluding hydrogens is 284 g/mol. The standard InChI is InChI=1S/C16H22N2O2S/c1-11-18-15(12-5-3-2-4-6-12)16(20-11)13-7-9-14(10-8-13)21(17)19/h7-12,18H,2-6,17H2,1H3. The molecule has 0 aromatic heterocycles. The summed E-state index contributed by atoms with van der Waals surface area (Å²) in [6.07, 6.45) is 6.40. The van der Waals surface area contributed by atoms with Gasteiger partial charge in [0.05, 0.1) is 10.6 Å². The Balaban J connectivity index is 1.90. The lowest BCUT2D eigenvalue weighted by molar-refractivity contribution is 0.188. The summed E-state index contributed by atoms with van der Waals surface area (Å²) in [5.41, 5.74) is 2.27. The van der Waals surface area contributed by atoms with Gasteiger partial charge in [0, 0.05) is 11.5 Å². The average molecular weight is 306 g/mol. The predicted octanol–water partition coefficient (Wildman–Crippen LogP) is 2.88. The van der Waals surface area contributed by atoms with Crippen LogP contribution in [0.3, 0.4) is 0 Å². The molecule has 1 fully saturated rings. The number of rotatable bonds is 3. The van der Waals surface area contributed by atoms with Crippen molar-refractivity contribution in [3.8, 4) is 0 Å². The van der Waals surface area contributed by atoms with Gasteiger partial charge >= 0.3 is 0 Å². The second-order valence-corrected chi connectivity index (χ2v) is 6.87. The van der Waals surface area contributed by atoms with Gasteiger partial charge in [-0.25, -0.2) is 9.35 Å². The van der Waals surface area contributed by atoms with E-state index in [1.807, 2.05) is 31.2 Å². The third-order valence-corrected chi connectivity index (χ3v) is 5.00. The molecule has 0 saturated heterocycles. The van der Waals surface area contributed by atoms with Crippen molar-refractivity contribution >= 4 is 16.7 Å². The third-order valence-electron chi connectivity index (χ3n) is 4.26. The summed E-state index contributed by atoms with van der Waals surface area (Å²) in [5.74, 6) is 1.52. The van der Waals surface area contributed by atoms with Gasteiger partial charge in [0.15, 0.2) is 6.23 Å². The molecule has 5 heteroatoms. The minimum absolute atomic E-state index is 0.0141. The third kappa shape index (κ3) is 3.14. The molecule has 3 rings (SSSR count). The van der Waals surface area contributed by atoms with Gasteiger partial charge in [-0.05, 0) is 44.0 Å². The van der Waals surface area contributed by atoms with E-state index in [-0.39, 0.29) is 6.23 Å². The minimum atomic E-state index is -1.43. The number of nitrogens with two attached hydrogens (primary N) is 1. The van der Waals surface area contributed by atoms with Gasteiger partial charge in [-0.3, -0.25) is 0 Å². The Labute approximate surface area is 128 Å². The molecule has 4 nitrogen and oxygen atoms in total. The van der Waals surface area contributed by atoms with Gasteiger partial charge in [-0.2, -0.15) is 0 Å². The highest BCUT2D eigenvalue weighted by Gasteiger charge is 2.29. The van der Waals surface area contributed by atoms with Crippen LogP contribution in [0.4, 0.5) is 0 Å². The molecule has 2 aliphatic rings. The maximum absolute atomic E-state index is 11.3. The topological polar surface area (TPSA) is 64.3 Å². The summed E-state index contributed by atoms with van der Waals surface area (Å²) in [6.45, 7) is 2.03. The van der Waals surface area contributed by atoms with Crippen LogP contribution in [-0.4, -0.2) is 10.4 Å². The molecule has 1 aliphatic heterocycles. The number of hydrogen-bond donors (Lipinski definition) is 2. The molecule has 0 amide bonds. The molecule has 3 N–H and O–H groups in total. The van der Waals surface area contributed by atoms with Gasteiger partial charge in [-0.1, -0.05) is 19.3 Å². The van der Waals surface area contributed by atoms with Crippen molar-refractivity contribution in [2.24, 2.45) is 11.1 Å². The highest BCUT2D eigenvalue weighted by Crippen LogP contribution is 2.36. The first-order chi connectivity index (χ1) is 10.1. The van der Waals surface area contributed by atoms with Crippen LogP contribution < -0.4 is 10.5 Å². The van der Waals surface area contributed by atoms with Crippen LogP contribution in [0.1, 0.15) is 44.6 Å². The zero-order valence-electron chi connectivity index (χ0n) is 12.3. The van der Waals surface area contributed by atoms with Crippen LogP contribution in [-0.2, 0) is 15.7 Å². The Kier molecular flexibility index (Phi) is 4.31. The second kappa shape index (κ2) is 6.20. The molecule has 1 saturated carbocycles. The number of nitrogens with one attached hydrogen (secondary N) is 1. The maximum Gasteiger partial charge on any atom is 0.167 e. The molecule has 1 heterocycles. The van der Waals surface area contributed by atoms with Crippen LogP contribution in [0, 0.1) is 5.92 Å². The normalized spacial score (nSPS) is 24.6. The fourth-order valence-corrected chi connectivity index (χ4v) is 3.62. The summed E-state index contributed by atoms with van der Waals surface area (Å²) in [7, 11) is -1.43. The van der Waals surface area contributed by atoms with Crippen LogP contribution in [0.2, 0.25) is 0 Å². The lowest BCUT2D eigenvalue weighted by Gasteiger charge is -2.23. The molecule has 0 bridgehead atoms. The van der Waals surface area contributed by atoms with Crippen LogP contribution in [0.25, 0.3) is 5.76 Å². The van der Waals surface area contributed by atoms with Crippen molar-refractivity contribution in [3.05, 3.63) is 35.5 Å². The Morgan fingerprint density at radius 3 is 2.48 bits per heavy atom. The summed E-state index contributed by atoms with van der Waals surface area (Å²) in [4.78, 5) is 0.637. The number of ether oxygens (including phenoxy) is 1. The quantitative estimate of drug-likeness (QED) is 0.902. The molecule has 114 valence electrons. The van der Waals surface area contributed by atoms with E-state index in [4.69, 9.17) is 9.88 Å². The van der Waals surface area contributed by atoms with Crippen LogP contribution in [0.5, 0.6) is 0 Å². The minimum Gasteiger partial charge on any atom is -0.469 e. The Morgan fingerprint density at radius 2 is 1.86 bits per heavy atom. The molecule has 1 aliphatic carbocycles.